The maximum Gasteiger partial charge on any atom is 0.0579 e. The van der Waals surface area contributed by atoms with Crippen molar-refractivity contribution in [2.45, 2.75) is 43.9 Å². The predicted octanol–water partition coefficient (Wildman–Crippen LogP) is 22.8. The molecule has 14 rings (SSSR count). The van der Waals surface area contributed by atoms with Gasteiger partial charge in [-0.3, -0.25) is 0 Å². The van der Waals surface area contributed by atoms with Crippen LogP contribution in [0.4, 0.5) is 34.1 Å². The summed E-state index contributed by atoms with van der Waals surface area (Å²) >= 11 is 0. The van der Waals surface area contributed by atoms with E-state index in [4.69, 9.17) is 0 Å². The smallest absolute Gasteiger partial charge is 0.0579 e. The molecule has 0 fully saturated rings. The van der Waals surface area contributed by atoms with Gasteiger partial charge in [0.25, 0.3) is 0 Å². The van der Waals surface area contributed by atoms with Gasteiger partial charge < -0.3 is 9.80 Å². The second kappa shape index (κ2) is 20.6. The van der Waals surface area contributed by atoms with Gasteiger partial charge in [0.15, 0.2) is 0 Å². The number of nitrogens with zero attached hydrogens (tertiary/aromatic N) is 2. The van der Waals surface area contributed by atoms with Gasteiger partial charge in [-0.05, 0) is 167 Å². The Labute approximate surface area is 491 Å². The van der Waals surface area contributed by atoms with Crippen molar-refractivity contribution >= 4 is 82.6 Å². The molecule has 0 heterocycles. The highest BCUT2D eigenvalue weighted by Crippen LogP contribution is 2.63. The lowest BCUT2D eigenvalue weighted by molar-refractivity contribution is 0.965. The normalized spacial score (nSPS) is 12.8. The van der Waals surface area contributed by atoms with Crippen LogP contribution < -0.4 is 9.80 Å². The molecular weight excluding hydrogens is 1030 g/mol. The molecule has 0 saturated heterocycles. The second-order valence-corrected chi connectivity index (χ2v) is 35.5. The molecule has 0 amide bonds. The Bertz CT molecular complexity index is 4540. The first kappa shape index (κ1) is 51.8. The second-order valence-electron chi connectivity index (χ2n) is 24.5. The zero-order chi connectivity index (χ0) is 56.5. The number of para-hydroxylation sites is 2. The van der Waals surface area contributed by atoms with E-state index in [0.29, 0.717) is 0 Å². The van der Waals surface area contributed by atoms with Crippen LogP contribution in [0.15, 0.2) is 291 Å². The minimum Gasteiger partial charge on any atom is -0.310 e. The van der Waals surface area contributed by atoms with E-state index in [1.165, 1.54) is 93.5 Å². The van der Waals surface area contributed by atoms with E-state index in [1.54, 1.807) is 5.56 Å². The molecule has 0 aliphatic heterocycles. The summed E-state index contributed by atoms with van der Waals surface area (Å²) in [5.41, 5.74) is 22.2. The number of fused-ring (bicyclic) bond motifs is 9. The Morgan fingerprint density at radius 3 is 1.17 bits per heavy atom. The number of hydrogen-bond donors (Lipinski definition) is 0. The van der Waals surface area contributed by atoms with Crippen LogP contribution in [0.5, 0.6) is 0 Å². The third-order valence-corrected chi connectivity index (χ3v) is 27.7. The Kier molecular flexibility index (Phi) is 12.8. The molecule has 0 unspecified atom stereocenters. The Hall–Kier alpha value is -9.33. The molecule has 0 spiro atoms. The Balaban J connectivity index is 0.988. The lowest BCUT2D eigenvalue weighted by Gasteiger charge is -2.51. The fourth-order valence-electron chi connectivity index (χ4n) is 14.5. The summed E-state index contributed by atoms with van der Waals surface area (Å²) in [5.74, 6) is 0. The van der Waals surface area contributed by atoms with E-state index in [1.807, 2.05) is 0 Å². The Morgan fingerprint density at radius 2 is 0.687 bits per heavy atom. The maximum absolute atomic E-state index is 2.66. The molecule has 1 aliphatic carbocycles. The largest absolute Gasteiger partial charge is 0.310 e. The van der Waals surface area contributed by atoms with Crippen LogP contribution in [0, 0.1) is 0 Å². The molecule has 0 bridgehead atoms. The molecule has 400 valence electrons. The van der Waals surface area contributed by atoms with Gasteiger partial charge >= 0.3 is 0 Å². The maximum atomic E-state index is 2.66. The number of benzene rings is 13. The van der Waals surface area contributed by atoms with Gasteiger partial charge in [0.1, 0.15) is 0 Å². The van der Waals surface area contributed by atoms with Gasteiger partial charge in [-0.1, -0.05) is 252 Å². The van der Waals surface area contributed by atoms with Crippen molar-refractivity contribution in [1.29, 1.82) is 0 Å². The zero-order valence-corrected chi connectivity index (χ0v) is 50.1. The molecule has 13 aromatic carbocycles. The highest BCUT2D eigenvalue weighted by atomic mass is 28.4. The van der Waals surface area contributed by atoms with E-state index >= 15 is 0 Å². The molecule has 0 radical (unpaired) electrons. The van der Waals surface area contributed by atoms with E-state index < -0.39 is 16.1 Å². The monoisotopic (exact) mass is 1100 g/mol. The quantitative estimate of drug-likeness (QED) is 0.0889. The third kappa shape index (κ3) is 8.75. The summed E-state index contributed by atoms with van der Waals surface area (Å²) in [4.78, 5) is 4.96. The van der Waals surface area contributed by atoms with Crippen molar-refractivity contribution < 1.29 is 0 Å². The summed E-state index contributed by atoms with van der Waals surface area (Å²) in [6.07, 6.45) is 0. The summed E-state index contributed by atoms with van der Waals surface area (Å²) in [5, 5.41) is 7.79. The zero-order valence-electron chi connectivity index (χ0n) is 48.1. The van der Waals surface area contributed by atoms with Crippen LogP contribution in [0.25, 0.3) is 88.0 Å². The van der Waals surface area contributed by atoms with Gasteiger partial charge in [-0.25, -0.2) is 0 Å². The number of anilines is 6. The van der Waals surface area contributed by atoms with Crippen molar-refractivity contribution in [3.05, 3.63) is 302 Å². The average Bonchev–Trinajstić information content (AvgIpc) is 1.66. The first-order valence-corrected chi connectivity index (χ1v) is 36.2. The molecule has 83 heavy (non-hydrogen) atoms. The van der Waals surface area contributed by atoms with Gasteiger partial charge in [-0.15, -0.1) is 0 Å². The summed E-state index contributed by atoms with van der Waals surface area (Å²) in [7, 11) is -4.40. The van der Waals surface area contributed by atoms with Crippen LogP contribution in [0.1, 0.15) is 11.1 Å². The van der Waals surface area contributed by atoms with Crippen molar-refractivity contribution in [3.63, 3.8) is 0 Å². The van der Waals surface area contributed by atoms with Gasteiger partial charge in [-0.2, -0.15) is 0 Å². The van der Waals surface area contributed by atoms with Crippen molar-refractivity contribution in [2.24, 2.45) is 0 Å². The molecule has 0 saturated carbocycles. The highest BCUT2D eigenvalue weighted by molar-refractivity contribution is 7.00. The van der Waals surface area contributed by atoms with Gasteiger partial charge in [0.2, 0.25) is 0 Å². The summed E-state index contributed by atoms with van der Waals surface area (Å²) in [6.45, 7) is 15.9. The molecular formula is C79H66N2Si2. The lowest BCUT2D eigenvalue weighted by atomic mass is 9.90. The van der Waals surface area contributed by atoms with E-state index in [2.05, 4.69) is 340 Å². The van der Waals surface area contributed by atoms with Gasteiger partial charge in [0, 0.05) is 38.5 Å². The minimum absolute atomic E-state index is 0.154. The van der Waals surface area contributed by atoms with Crippen LogP contribution in [-0.4, -0.2) is 16.1 Å². The van der Waals surface area contributed by atoms with Crippen LogP contribution >= 0.6 is 0 Å². The molecule has 4 heteroatoms. The fraction of sp³-hybridized carbons (Fsp3) is 0.0886. The third-order valence-electron chi connectivity index (χ3n) is 17.7. The first-order valence-electron chi connectivity index (χ1n) is 29.2. The molecule has 1 aliphatic rings. The molecule has 2 nitrogen and oxygen atoms in total. The average molecular weight is 1100 g/mol. The first-order chi connectivity index (χ1) is 40.5. The van der Waals surface area contributed by atoms with Gasteiger partial charge in [0.05, 0.1) is 27.5 Å². The van der Waals surface area contributed by atoms with E-state index in [0.717, 1.165) is 34.1 Å². The number of hydrogen-bond acceptors (Lipinski definition) is 2. The summed E-state index contributed by atoms with van der Waals surface area (Å²) < 4.78 is -0.154. The van der Waals surface area contributed by atoms with Crippen LogP contribution in [0.2, 0.25) is 39.3 Å². The highest BCUT2D eigenvalue weighted by Gasteiger charge is 2.60. The Morgan fingerprint density at radius 1 is 0.265 bits per heavy atom. The minimum atomic E-state index is -2.20. The fourth-order valence-corrected chi connectivity index (χ4v) is 27.6. The predicted molar refractivity (Wildman–Crippen MR) is 363 cm³/mol. The van der Waals surface area contributed by atoms with E-state index in [9.17, 15) is 0 Å². The lowest BCUT2D eigenvalue weighted by Crippen LogP contribution is -2.63. The summed E-state index contributed by atoms with van der Waals surface area (Å²) in [6, 6.07) is 108. The standard InChI is InChI=1S/C79H66N2Si2/c1-82(2,3)79(83(4,5)6)74-53-62-49-65(80(63-35-21-11-22-36-63)75-47-42-59(55-27-13-7-14-28-55)50-70(75)57-31-17-9-18-32-57)44-41-61(62)52-73(74)77-68-40-26-25-39-67(68)72-54-66(45-46-69(72)78(77)79)81(64-37-23-12-24-38-64)76-48-43-60(56-29-15-8-16-30-56)51-71(76)58-33-19-10-20-34-58/h7-54H,1-6H3. The molecule has 13 aromatic rings. The molecule has 0 N–H and O–H groups in total. The van der Waals surface area contributed by atoms with Crippen LogP contribution in [0.3, 0.4) is 0 Å². The topological polar surface area (TPSA) is 6.48 Å². The van der Waals surface area contributed by atoms with Crippen molar-refractivity contribution in [1.82, 2.24) is 0 Å². The van der Waals surface area contributed by atoms with Crippen molar-refractivity contribution in [3.8, 4) is 55.6 Å². The molecule has 0 aromatic heterocycles. The SMILES string of the molecule is C[Si](C)(C)C1([Si](C)(C)C)c2cc3cc(N(c4ccccc4)c4ccc(-c5ccccc5)cc4-c4ccccc4)ccc3cc2-c2c1c1ccc(N(c3ccccc3)c3ccc(-c4ccccc4)cc3-c3ccccc3)cc1c1ccccc21. The van der Waals surface area contributed by atoms with E-state index in [-0.39, 0.29) is 4.66 Å². The van der Waals surface area contributed by atoms with Crippen molar-refractivity contribution in [2.75, 3.05) is 9.80 Å². The van der Waals surface area contributed by atoms with Crippen LogP contribution in [-0.2, 0) is 4.66 Å². The molecule has 0 atom stereocenters. The number of rotatable bonds is 12.